The Labute approximate surface area is 139 Å². The summed E-state index contributed by atoms with van der Waals surface area (Å²) in [6.07, 6.45) is -6.37. The summed E-state index contributed by atoms with van der Waals surface area (Å²) in [5, 5.41) is 0.711. The first-order valence-electron chi connectivity index (χ1n) is 6.66. The molecule has 2 N–H and O–H groups in total. The minimum absolute atomic E-state index is 0.0736. The van der Waals surface area contributed by atoms with Gasteiger partial charge in [-0.15, -0.1) is 0 Å². The first-order valence-corrected chi connectivity index (χ1v) is 7.03. The number of furan rings is 2. The lowest BCUT2D eigenvalue weighted by molar-refractivity contribution is -0.159. The largest absolute Gasteiger partial charge is 0.464 e. The molecule has 1 atom stereocenters. The van der Waals surface area contributed by atoms with Crippen LogP contribution in [0.4, 0.5) is 13.2 Å². The maximum Gasteiger partial charge on any atom is 0.393 e. The fourth-order valence-electron chi connectivity index (χ4n) is 1.73. The molecule has 5 nitrogen and oxygen atoms in total. The predicted octanol–water partition coefficient (Wildman–Crippen LogP) is 3.79. The van der Waals surface area contributed by atoms with E-state index in [0.717, 1.165) is 11.2 Å². The van der Waals surface area contributed by atoms with Gasteiger partial charge in [-0.05, 0) is 18.2 Å². The van der Waals surface area contributed by atoms with E-state index in [1.807, 2.05) is 12.1 Å². The molecule has 24 heavy (non-hydrogen) atoms. The van der Waals surface area contributed by atoms with Crippen LogP contribution in [-0.2, 0) is 4.79 Å². The van der Waals surface area contributed by atoms with E-state index in [0.29, 0.717) is 5.02 Å². The minimum Gasteiger partial charge on any atom is -0.464 e. The molecule has 0 aliphatic rings. The molecule has 0 aliphatic heterocycles. The number of benzene rings is 1. The molecular weight excluding hydrogens is 349 g/mol. The van der Waals surface area contributed by atoms with Crippen LogP contribution in [0.3, 0.4) is 0 Å². The van der Waals surface area contributed by atoms with Crippen LogP contribution < -0.4 is 10.5 Å². The zero-order chi connectivity index (χ0) is 17.7. The molecule has 0 spiro atoms. The van der Waals surface area contributed by atoms with Crippen LogP contribution >= 0.6 is 11.6 Å². The minimum atomic E-state index is -4.52. The Balaban J connectivity index is 0.000000214. The maximum atomic E-state index is 12.1. The van der Waals surface area contributed by atoms with Crippen molar-refractivity contribution in [3.8, 4) is 5.88 Å². The first kappa shape index (κ1) is 17.9. The van der Waals surface area contributed by atoms with Gasteiger partial charge in [0.15, 0.2) is 6.10 Å². The van der Waals surface area contributed by atoms with E-state index in [2.05, 4.69) is 4.98 Å². The van der Waals surface area contributed by atoms with Crippen LogP contribution in [-0.4, -0.2) is 23.2 Å². The molecule has 128 valence electrons. The van der Waals surface area contributed by atoms with Gasteiger partial charge >= 0.3 is 6.18 Å². The third-order valence-corrected chi connectivity index (χ3v) is 3.06. The highest BCUT2D eigenvalue weighted by Gasteiger charge is 2.36. The number of carbonyl (C=O) groups is 1. The van der Waals surface area contributed by atoms with Crippen LogP contribution in [0.1, 0.15) is 6.42 Å². The molecule has 0 aliphatic carbocycles. The number of fused-ring (bicyclic) bond motifs is 2. The number of rotatable bonds is 4. The van der Waals surface area contributed by atoms with Crippen LogP contribution in [0.25, 0.3) is 11.2 Å². The van der Waals surface area contributed by atoms with Gasteiger partial charge in [0.25, 0.3) is 5.91 Å². The van der Waals surface area contributed by atoms with Gasteiger partial charge < -0.3 is 14.9 Å². The number of nitrogens with zero attached hydrogens (tertiary/aromatic N) is 1. The standard InChI is InChI=1S/C9H9F3N2O2.C6H3ClO/c10-9(11,12)5-6(8(13)15)16-7-3-1-2-4-14-7;7-5-3-4-1-2-6(5)8-4/h1-4,6H,5H2,(H2,13,15);1-3H. The van der Waals surface area contributed by atoms with Crippen molar-refractivity contribution >= 4 is 28.7 Å². The van der Waals surface area contributed by atoms with Crippen molar-refractivity contribution in [3.63, 3.8) is 0 Å². The average molecular weight is 361 g/mol. The van der Waals surface area contributed by atoms with Crippen molar-refractivity contribution in [3.05, 3.63) is 47.6 Å². The molecule has 1 unspecified atom stereocenters. The van der Waals surface area contributed by atoms with Gasteiger partial charge in [0.2, 0.25) is 5.88 Å². The first-order chi connectivity index (χ1) is 11.2. The molecule has 0 fully saturated rings. The molecule has 0 saturated heterocycles. The van der Waals surface area contributed by atoms with Gasteiger partial charge in [-0.2, -0.15) is 13.2 Å². The number of nitrogens with two attached hydrogens (primary N) is 1. The molecule has 3 heterocycles. The molecule has 9 heteroatoms. The number of aromatic nitrogens is 1. The van der Waals surface area contributed by atoms with Gasteiger partial charge in [-0.25, -0.2) is 4.98 Å². The van der Waals surface area contributed by atoms with E-state index in [4.69, 9.17) is 26.5 Å². The summed E-state index contributed by atoms with van der Waals surface area (Å²) < 4.78 is 46.0. The molecule has 1 amide bonds. The highest BCUT2D eigenvalue weighted by molar-refractivity contribution is 6.34. The van der Waals surface area contributed by atoms with E-state index in [-0.39, 0.29) is 5.88 Å². The number of amides is 1. The summed E-state index contributed by atoms with van der Waals surface area (Å²) in [5.41, 5.74) is 6.43. The number of pyridine rings is 1. The Morgan fingerprint density at radius 1 is 1.33 bits per heavy atom. The third-order valence-electron chi connectivity index (χ3n) is 2.77. The van der Waals surface area contributed by atoms with Crippen molar-refractivity contribution in [1.29, 1.82) is 0 Å². The maximum absolute atomic E-state index is 12.1. The topological polar surface area (TPSA) is 78.3 Å². The summed E-state index contributed by atoms with van der Waals surface area (Å²) in [4.78, 5) is 14.4. The lowest BCUT2D eigenvalue weighted by Crippen LogP contribution is -2.37. The summed E-state index contributed by atoms with van der Waals surface area (Å²) in [7, 11) is 0. The number of halogens is 4. The predicted molar refractivity (Wildman–Crippen MR) is 80.9 cm³/mol. The van der Waals surface area contributed by atoms with Gasteiger partial charge in [0.1, 0.15) is 11.2 Å². The fourth-order valence-corrected chi connectivity index (χ4v) is 1.94. The van der Waals surface area contributed by atoms with Crippen LogP contribution in [0.2, 0.25) is 5.02 Å². The number of alkyl halides is 3. The number of carbonyl (C=O) groups excluding carboxylic acids is 1. The molecule has 3 aromatic heterocycles. The summed E-state index contributed by atoms with van der Waals surface area (Å²) in [6.45, 7) is 0. The lowest BCUT2D eigenvalue weighted by Gasteiger charge is -2.16. The van der Waals surface area contributed by atoms with Crippen molar-refractivity contribution in [2.24, 2.45) is 5.73 Å². The second-order valence-electron chi connectivity index (χ2n) is 4.69. The molecule has 0 saturated carbocycles. The van der Waals surface area contributed by atoms with Crippen molar-refractivity contribution in [2.75, 3.05) is 0 Å². The van der Waals surface area contributed by atoms with Crippen molar-refractivity contribution in [1.82, 2.24) is 4.98 Å². The lowest BCUT2D eigenvalue weighted by atomic mass is 10.2. The molecule has 0 radical (unpaired) electrons. The normalized spacial score (nSPS) is 12.5. The van der Waals surface area contributed by atoms with E-state index in [9.17, 15) is 18.0 Å². The summed E-state index contributed by atoms with van der Waals surface area (Å²) >= 11 is 5.64. The van der Waals surface area contributed by atoms with Crippen LogP contribution in [0, 0.1) is 0 Å². The van der Waals surface area contributed by atoms with Gasteiger partial charge in [0, 0.05) is 18.3 Å². The smallest absolute Gasteiger partial charge is 0.393 e. The number of hydrogen-bond acceptors (Lipinski definition) is 4. The van der Waals surface area contributed by atoms with Crippen LogP contribution in [0.15, 0.2) is 47.0 Å². The second-order valence-corrected chi connectivity index (χ2v) is 5.10. The monoisotopic (exact) mass is 360 g/mol. The number of ether oxygens (including phenoxy) is 1. The Morgan fingerprint density at radius 2 is 2.08 bits per heavy atom. The number of primary amides is 1. The van der Waals surface area contributed by atoms with Crippen LogP contribution in [0.5, 0.6) is 5.88 Å². The van der Waals surface area contributed by atoms with Gasteiger partial charge in [-0.1, -0.05) is 17.7 Å². The fraction of sp³-hybridized carbons (Fsp3) is 0.200. The highest BCUT2D eigenvalue weighted by Crippen LogP contribution is 2.25. The second kappa shape index (κ2) is 7.39. The third kappa shape index (κ3) is 5.31. The Morgan fingerprint density at radius 3 is 2.46 bits per heavy atom. The summed E-state index contributed by atoms with van der Waals surface area (Å²) in [6, 6.07) is 9.98. The van der Waals surface area contributed by atoms with Gasteiger partial charge in [0.05, 0.1) is 11.4 Å². The Hall–Kier alpha value is -2.48. The van der Waals surface area contributed by atoms with E-state index < -0.39 is 24.6 Å². The SMILES string of the molecule is Clc1cc2ccc1o2.NC(=O)C(CC(F)(F)F)Oc1ccccn1. The quantitative estimate of drug-likeness (QED) is 0.767. The van der Waals surface area contributed by atoms with E-state index >= 15 is 0 Å². The Kier molecular flexibility index (Phi) is 5.50. The molecule has 0 aromatic carbocycles. The molecule has 2 bridgehead atoms. The van der Waals surface area contributed by atoms with E-state index in [1.54, 1.807) is 12.1 Å². The molecule has 3 rings (SSSR count). The zero-order valence-corrected chi connectivity index (χ0v) is 12.8. The average Bonchev–Trinajstić information content (AvgIpc) is 3.09. The van der Waals surface area contributed by atoms with E-state index in [1.165, 1.54) is 18.3 Å². The zero-order valence-electron chi connectivity index (χ0n) is 12.1. The van der Waals surface area contributed by atoms with Gasteiger partial charge in [-0.3, -0.25) is 4.79 Å². The number of hydrogen-bond donors (Lipinski definition) is 1. The Bertz CT molecular complexity index is 777. The molecule has 3 aromatic rings. The molecular formula is C15H12ClF3N2O3. The summed E-state index contributed by atoms with van der Waals surface area (Å²) in [5.74, 6) is -1.25. The highest BCUT2D eigenvalue weighted by atomic mass is 35.5. The van der Waals surface area contributed by atoms with Crippen molar-refractivity contribution < 1.29 is 27.1 Å². The van der Waals surface area contributed by atoms with Crippen molar-refractivity contribution in [2.45, 2.75) is 18.7 Å².